The van der Waals surface area contributed by atoms with Crippen LogP contribution in [-0.4, -0.2) is 24.4 Å². The highest BCUT2D eigenvalue weighted by Gasteiger charge is 2.09. The average Bonchev–Trinajstić information content (AvgIpc) is 2.47. The van der Waals surface area contributed by atoms with Gasteiger partial charge >= 0.3 is 0 Å². The number of fused-ring (bicyclic) bond motifs is 1. The summed E-state index contributed by atoms with van der Waals surface area (Å²) < 4.78 is 12.6. The number of aromatic nitrogens is 1. The highest BCUT2D eigenvalue weighted by Crippen LogP contribution is 2.24. The molecule has 0 N–H and O–H groups in total. The van der Waals surface area contributed by atoms with E-state index < -0.39 is 0 Å². The van der Waals surface area contributed by atoms with Gasteiger partial charge in [-0.3, -0.25) is 4.79 Å². The summed E-state index contributed by atoms with van der Waals surface area (Å²) in [6.45, 7) is 5.18. The van der Waals surface area contributed by atoms with Crippen LogP contribution in [0.2, 0.25) is 0 Å². The third-order valence-electron chi connectivity index (χ3n) is 3.42. The highest BCUT2D eigenvalue weighted by molar-refractivity contribution is 5.87. The first-order chi connectivity index (χ1) is 9.67. The van der Waals surface area contributed by atoms with Crippen molar-refractivity contribution in [3.8, 4) is 5.75 Å². The number of methoxy groups -OCH3 is 1. The van der Waals surface area contributed by atoms with E-state index in [9.17, 15) is 4.79 Å². The van der Waals surface area contributed by atoms with Gasteiger partial charge < -0.3 is 14.0 Å². The molecule has 0 fully saturated rings. The predicted molar refractivity (Wildman–Crippen MR) is 80.5 cm³/mol. The monoisotopic (exact) mass is 275 g/mol. The Morgan fingerprint density at radius 2 is 2.05 bits per heavy atom. The van der Waals surface area contributed by atoms with Crippen molar-refractivity contribution in [2.24, 2.45) is 0 Å². The number of nitrogens with zero attached hydrogens (tertiary/aromatic N) is 1. The molecule has 20 heavy (non-hydrogen) atoms. The van der Waals surface area contributed by atoms with Crippen molar-refractivity contribution < 1.29 is 9.47 Å². The van der Waals surface area contributed by atoms with Crippen molar-refractivity contribution in [3.63, 3.8) is 0 Å². The van der Waals surface area contributed by atoms with Crippen LogP contribution in [0.25, 0.3) is 10.8 Å². The Balaban J connectivity index is 2.44. The first-order valence-electron chi connectivity index (χ1n) is 6.95. The van der Waals surface area contributed by atoms with Gasteiger partial charge in [-0.25, -0.2) is 0 Å². The lowest BCUT2D eigenvalue weighted by molar-refractivity contribution is 0.186. The molecule has 2 aromatic rings. The fraction of sp³-hybridized carbons (Fsp3) is 0.438. The summed E-state index contributed by atoms with van der Waals surface area (Å²) in [5.74, 6) is 0.771. The van der Waals surface area contributed by atoms with Crippen LogP contribution in [0.1, 0.15) is 20.3 Å². The molecule has 0 aliphatic rings. The van der Waals surface area contributed by atoms with E-state index >= 15 is 0 Å². The molecule has 0 bridgehead atoms. The second-order valence-corrected chi connectivity index (χ2v) is 4.86. The summed E-state index contributed by atoms with van der Waals surface area (Å²) in [5, 5.41) is 1.55. The molecule has 4 nitrogen and oxygen atoms in total. The lowest BCUT2D eigenvalue weighted by atomic mass is 10.1. The minimum absolute atomic E-state index is 0.00542. The van der Waals surface area contributed by atoms with Crippen LogP contribution in [0.4, 0.5) is 0 Å². The molecule has 0 spiro atoms. The van der Waals surface area contributed by atoms with Crippen LogP contribution in [-0.2, 0) is 11.3 Å². The molecule has 0 aliphatic carbocycles. The van der Waals surface area contributed by atoms with Gasteiger partial charge in [0, 0.05) is 25.2 Å². The van der Waals surface area contributed by atoms with Crippen LogP contribution in [0.15, 0.2) is 35.3 Å². The Hall–Kier alpha value is -1.81. The largest absolute Gasteiger partial charge is 0.490 e. The molecule has 108 valence electrons. The van der Waals surface area contributed by atoms with Crippen LogP contribution < -0.4 is 10.3 Å². The summed E-state index contributed by atoms with van der Waals surface area (Å²) in [7, 11) is 1.63. The zero-order valence-corrected chi connectivity index (χ0v) is 12.3. The number of benzene rings is 1. The summed E-state index contributed by atoms with van der Waals surface area (Å²) in [5.41, 5.74) is -0.00542. The maximum absolute atomic E-state index is 12.4. The Kier molecular flexibility index (Phi) is 4.79. The summed E-state index contributed by atoms with van der Waals surface area (Å²) in [4.78, 5) is 12.4. The van der Waals surface area contributed by atoms with Gasteiger partial charge in [-0.2, -0.15) is 0 Å². The van der Waals surface area contributed by atoms with E-state index in [1.54, 1.807) is 17.9 Å². The molecule has 1 atom stereocenters. The lowest BCUT2D eigenvalue weighted by Crippen LogP contribution is -2.21. The molecule has 1 aromatic carbocycles. The topological polar surface area (TPSA) is 40.5 Å². The predicted octanol–water partition coefficient (Wildman–Crippen LogP) is 2.83. The summed E-state index contributed by atoms with van der Waals surface area (Å²) in [6, 6.07) is 7.55. The number of ether oxygens (including phenoxy) is 2. The fourth-order valence-corrected chi connectivity index (χ4v) is 2.06. The Labute approximate surface area is 118 Å². The minimum atomic E-state index is -0.00542. The lowest BCUT2D eigenvalue weighted by Gasteiger charge is -2.15. The number of pyridine rings is 1. The van der Waals surface area contributed by atoms with E-state index in [0.29, 0.717) is 18.5 Å². The van der Waals surface area contributed by atoms with E-state index in [1.165, 1.54) is 0 Å². The third kappa shape index (κ3) is 3.02. The van der Waals surface area contributed by atoms with Gasteiger partial charge in [-0.1, -0.05) is 13.0 Å². The second kappa shape index (κ2) is 6.57. The highest BCUT2D eigenvalue weighted by atomic mass is 16.5. The van der Waals surface area contributed by atoms with Gasteiger partial charge in [0.1, 0.15) is 5.75 Å². The molecule has 0 aliphatic heterocycles. The Morgan fingerprint density at radius 3 is 2.75 bits per heavy atom. The molecule has 0 amide bonds. The molecular formula is C16H21NO3. The normalized spacial score (nSPS) is 12.6. The zero-order valence-electron chi connectivity index (χ0n) is 12.3. The van der Waals surface area contributed by atoms with Gasteiger partial charge in [-0.15, -0.1) is 0 Å². The first kappa shape index (κ1) is 14.6. The fourth-order valence-electron chi connectivity index (χ4n) is 2.06. The van der Waals surface area contributed by atoms with Crippen LogP contribution in [0.3, 0.4) is 0 Å². The van der Waals surface area contributed by atoms with Crippen molar-refractivity contribution in [1.82, 2.24) is 4.57 Å². The van der Waals surface area contributed by atoms with Gasteiger partial charge in [0.25, 0.3) is 5.56 Å². The smallest absolute Gasteiger partial charge is 0.258 e. The molecule has 1 heterocycles. The van der Waals surface area contributed by atoms with E-state index in [1.807, 2.05) is 31.2 Å². The Morgan fingerprint density at radius 1 is 1.25 bits per heavy atom. The summed E-state index contributed by atoms with van der Waals surface area (Å²) in [6.07, 6.45) is 2.87. The molecule has 0 radical (unpaired) electrons. The standard InChI is InChI=1S/C16H21NO3/c1-4-12(2)20-15-7-5-6-14-13(15)8-9-17(16(14)18)10-11-19-3/h5-9,12H,4,10-11H2,1-3H3. The SMILES string of the molecule is CCC(C)Oc1cccc2c(=O)n(CCOC)ccc12. The van der Waals surface area contributed by atoms with Crippen LogP contribution in [0.5, 0.6) is 5.75 Å². The van der Waals surface area contributed by atoms with Gasteiger partial charge in [0.15, 0.2) is 0 Å². The number of hydrogen-bond acceptors (Lipinski definition) is 3. The molecule has 4 heteroatoms. The van der Waals surface area contributed by atoms with Crippen molar-refractivity contribution in [3.05, 3.63) is 40.8 Å². The van der Waals surface area contributed by atoms with Crippen molar-refractivity contribution in [1.29, 1.82) is 0 Å². The van der Waals surface area contributed by atoms with Crippen molar-refractivity contribution >= 4 is 10.8 Å². The molecule has 1 unspecified atom stereocenters. The second-order valence-electron chi connectivity index (χ2n) is 4.86. The van der Waals surface area contributed by atoms with E-state index in [4.69, 9.17) is 9.47 Å². The van der Waals surface area contributed by atoms with E-state index in [0.717, 1.165) is 17.6 Å². The maximum atomic E-state index is 12.4. The Bertz CT molecular complexity index is 633. The molecule has 1 aromatic heterocycles. The van der Waals surface area contributed by atoms with Gasteiger partial charge in [0.05, 0.1) is 18.1 Å². The van der Waals surface area contributed by atoms with Crippen LogP contribution in [0, 0.1) is 0 Å². The molecule has 0 saturated heterocycles. The van der Waals surface area contributed by atoms with Crippen molar-refractivity contribution in [2.45, 2.75) is 32.9 Å². The number of rotatable bonds is 6. The molecule has 2 rings (SSSR count). The summed E-state index contributed by atoms with van der Waals surface area (Å²) >= 11 is 0. The minimum Gasteiger partial charge on any atom is -0.490 e. The van der Waals surface area contributed by atoms with E-state index in [-0.39, 0.29) is 11.7 Å². The number of hydrogen-bond donors (Lipinski definition) is 0. The van der Waals surface area contributed by atoms with E-state index in [2.05, 4.69) is 6.92 Å². The average molecular weight is 275 g/mol. The maximum Gasteiger partial charge on any atom is 0.258 e. The van der Waals surface area contributed by atoms with Crippen LogP contribution >= 0.6 is 0 Å². The van der Waals surface area contributed by atoms with Gasteiger partial charge in [-0.05, 0) is 31.5 Å². The first-order valence-corrected chi connectivity index (χ1v) is 6.95. The molecular weight excluding hydrogens is 254 g/mol. The third-order valence-corrected chi connectivity index (χ3v) is 3.42. The zero-order chi connectivity index (χ0) is 14.5. The van der Waals surface area contributed by atoms with Gasteiger partial charge in [0.2, 0.25) is 0 Å². The quantitative estimate of drug-likeness (QED) is 0.814. The molecule has 0 saturated carbocycles. The van der Waals surface area contributed by atoms with Crippen molar-refractivity contribution in [2.75, 3.05) is 13.7 Å².